The monoisotopic (exact) mass is 457 g/mol. The number of anilines is 1. The van der Waals surface area contributed by atoms with Gasteiger partial charge in [-0.3, -0.25) is 20.2 Å². The number of carbonyl (C=O) groups excluding carboxylic acids is 3. The molecule has 1 spiro atoms. The van der Waals surface area contributed by atoms with E-state index in [1.165, 1.54) is 6.07 Å². The number of halogens is 2. The van der Waals surface area contributed by atoms with Crippen LogP contribution in [-0.2, 0) is 20.7 Å². The number of morpholine rings is 1. The van der Waals surface area contributed by atoms with Crippen molar-refractivity contribution in [1.82, 2.24) is 10.6 Å². The number of fused-ring (bicyclic) bond motifs is 4. The fourth-order valence-corrected chi connectivity index (χ4v) is 5.46. The second-order valence-corrected chi connectivity index (χ2v) is 9.01. The van der Waals surface area contributed by atoms with Gasteiger partial charge in [-0.15, -0.1) is 0 Å². The van der Waals surface area contributed by atoms with Crippen molar-refractivity contribution in [1.29, 1.82) is 0 Å². The molecule has 2 saturated heterocycles. The van der Waals surface area contributed by atoms with Gasteiger partial charge >= 0.3 is 6.03 Å². The van der Waals surface area contributed by atoms with Crippen molar-refractivity contribution < 1.29 is 23.5 Å². The molecule has 7 nitrogen and oxygen atoms in total. The molecule has 0 radical (unpaired) electrons. The van der Waals surface area contributed by atoms with Crippen LogP contribution in [0.4, 0.5) is 14.9 Å². The molecule has 0 saturated carbocycles. The standard InChI is InChI=1S/C23H21ClFN3O4/c1-11-10-28-18-8-14(13-5-6-17(25)16(24)7-13)3-4-15(18)9-23(19(28)12(2)32-11)20(29)26-22(31)27-21(23)30/h3-8,11-12,19H,9-10H2,1-2H3,(H2,26,27,29,30,31)/t11-,12+,19-/m1/s1. The summed E-state index contributed by atoms with van der Waals surface area (Å²) in [6.07, 6.45) is -0.453. The zero-order valence-corrected chi connectivity index (χ0v) is 18.2. The molecule has 3 atom stereocenters. The van der Waals surface area contributed by atoms with Gasteiger partial charge in [0.2, 0.25) is 11.8 Å². The number of barbiturate groups is 1. The third kappa shape index (κ3) is 3.01. The number of carbonyl (C=O) groups is 3. The average Bonchev–Trinajstić information content (AvgIpc) is 2.73. The highest BCUT2D eigenvalue weighted by molar-refractivity contribution is 6.31. The van der Waals surface area contributed by atoms with Crippen LogP contribution in [0.25, 0.3) is 11.1 Å². The number of nitrogens with zero attached hydrogens (tertiary/aromatic N) is 1. The molecule has 5 rings (SSSR count). The predicted molar refractivity (Wildman–Crippen MR) is 116 cm³/mol. The van der Waals surface area contributed by atoms with E-state index in [9.17, 15) is 18.8 Å². The van der Waals surface area contributed by atoms with Crippen LogP contribution >= 0.6 is 11.6 Å². The highest BCUT2D eigenvalue weighted by atomic mass is 35.5. The van der Waals surface area contributed by atoms with E-state index in [1.54, 1.807) is 12.1 Å². The molecular formula is C23H21ClFN3O4. The Balaban J connectivity index is 1.66. The van der Waals surface area contributed by atoms with Crippen LogP contribution in [0.15, 0.2) is 36.4 Å². The largest absolute Gasteiger partial charge is 0.372 e. The molecule has 3 aliphatic heterocycles. The van der Waals surface area contributed by atoms with Gasteiger partial charge in [-0.2, -0.15) is 0 Å². The van der Waals surface area contributed by atoms with E-state index < -0.39 is 41.2 Å². The maximum absolute atomic E-state index is 13.6. The molecule has 0 aliphatic carbocycles. The van der Waals surface area contributed by atoms with Gasteiger partial charge < -0.3 is 9.64 Å². The van der Waals surface area contributed by atoms with Crippen LogP contribution < -0.4 is 15.5 Å². The number of ether oxygens (including phenoxy) is 1. The molecular weight excluding hydrogens is 437 g/mol. The van der Waals surface area contributed by atoms with Crippen LogP contribution in [0.2, 0.25) is 5.02 Å². The highest BCUT2D eigenvalue weighted by Crippen LogP contribution is 2.47. The topological polar surface area (TPSA) is 87.7 Å². The van der Waals surface area contributed by atoms with Gasteiger partial charge in [-0.1, -0.05) is 29.8 Å². The molecule has 2 N–H and O–H groups in total. The Labute approximate surface area is 188 Å². The highest BCUT2D eigenvalue weighted by Gasteiger charge is 2.62. The second-order valence-electron chi connectivity index (χ2n) is 8.61. The third-order valence-electron chi connectivity index (χ3n) is 6.57. The minimum Gasteiger partial charge on any atom is -0.372 e. The fourth-order valence-electron chi connectivity index (χ4n) is 5.28. The second kappa shape index (κ2) is 7.28. The first-order valence-corrected chi connectivity index (χ1v) is 10.8. The lowest BCUT2D eigenvalue weighted by Gasteiger charge is -2.55. The van der Waals surface area contributed by atoms with Gasteiger partial charge in [-0.05, 0) is 55.2 Å². The number of benzene rings is 2. The van der Waals surface area contributed by atoms with Crippen LogP contribution in [0, 0.1) is 11.2 Å². The van der Waals surface area contributed by atoms with Crippen LogP contribution in [0.1, 0.15) is 19.4 Å². The minimum atomic E-state index is -1.50. The Kier molecular flexibility index (Phi) is 4.76. The summed E-state index contributed by atoms with van der Waals surface area (Å²) >= 11 is 5.98. The molecule has 3 aliphatic rings. The van der Waals surface area contributed by atoms with E-state index in [2.05, 4.69) is 10.6 Å². The van der Waals surface area contributed by atoms with Gasteiger partial charge in [0.15, 0.2) is 5.41 Å². The van der Waals surface area contributed by atoms with E-state index in [0.717, 1.165) is 22.4 Å². The summed E-state index contributed by atoms with van der Waals surface area (Å²) in [5.41, 5.74) is 1.77. The Morgan fingerprint density at radius 2 is 1.72 bits per heavy atom. The van der Waals surface area contributed by atoms with Crippen molar-refractivity contribution >= 4 is 35.1 Å². The first kappa shape index (κ1) is 20.9. The van der Waals surface area contributed by atoms with Gasteiger partial charge in [0.05, 0.1) is 23.3 Å². The maximum Gasteiger partial charge on any atom is 0.328 e. The lowest BCUT2D eigenvalue weighted by Crippen LogP contribution is -2.75. The number of rotatable bonds is 1. The SMILES string of the molecule is C[C@@H]1CN2c3cc(-c4ccc(F)c(Cl)c4)ccc3CC3(C(=O)NC(=O)NC3=O)[C@H]2[C@H](C)O1. The molecule has 0 unspecified atom stereocenters. The smallest absolute Gasteiger partial charge is 0.328 e. The summed E-state index contributed by atoms with van der Waals surface area (Å²) in [5.74, 6) is -1.73. The molecule has 3 heterocycles. The molecule has 0 bridgehead atoms. The number of amides is 4. The quantitative estimate of drug-likeness (QED) is 0.643. The Bertz CT molecular complexity index is 1150. The minimum absolute atomic E-state index is 0.0332. The van der Waals surface area contributed by atoms with E-state index in [1.807, 2.05) is 36.9 Å². The summed E-state index contributed by atoms with van der Waals surface area (Å²) < 4.78 is 19.7. The molecule has 32 heavy (non-hydrogen) atoms. The molecule has 9 heteroatoms. The molecule has 166 valence electrons. The fraction of sp³-hybridized carbons (Fsp3) is 0.348. The van der Waals surface area contributed by atoms with Crippen molar-refractivity contribution in [2.45, 2.75) is 38.5 Å². The number of nitrogens with one attached hydrogen (secondary N) is 2. The van der Waals surface area contributed by atoms with Crippen molar-refractivity contribution in [3.63, 3.8) is 0 Å². The summed E-state index contributed by atoms with van der Waals surface area (Å²) in [4.78, 5) is 40.0. The lowest BCUT2D eigenvalue weighted by atomic mass is 9.66. The molecule has 4 amide bonds. The van der Waals surface area contributed by atoms with Gasteiger partial charge in [-0.25, -0.2) is 9.18 Å². The summed E-state index contributed by atoms with van der Waals surface area (Å²) in [5, 5.41) is 4.58. The Morgan fingerprint density at radius 1 is 1.06 bits per heavy atom. The van der Waals surface area contributed by atoms with Crippen molar-refractivity contribution in [2.24, 2.45) is 5.41 Å². The van der Waals surface area contributed by atoms with E-state index in [-0.39, 0.29) is 17.5 Å². The number of hydrogen-bond acceptors (Lipinski definition) is 5. The normalized spacial score (nSPS) is 26.3. The molecule has 2 aromatic rings. The van der Waals surface area contributed by atoms with Crippen molar-refractivity contribution in [3.05, 3.63) is 52.8 Å². The zero-order chi connectivity index (χ0) is 22.8. The van der Waals surface area contributed by atoms with Crippen LogP contribution in [0.5, 0.6) is 0 Å². The first-order valence-electron chi connectivity index (χ1n) is 10.4. The van der Waals surface area contributed by atoms with Crippen LogP contribution in [-0.4, -0.2) is 42.6 Å². The number of imide groups is 2. The molecule has 2 aromatic carbocycles. The lowest BCUT2D eigenvalue weighted by molar-refractivity contribution is -0.153. The summed E-state index contributed by atoms with van der Waals surface area (Å²) in [6.45, 7) is 4.23. The average molecular weight is 458 g/mol. The predicted octanol–water partition coefficient (Wildman–Crippen LogP) is 3.04. The molecule has 2 fully saturated rings. The van der Waals surface area contributed by atoms with Crippen molar-refractivity contribution in [2.75, 3.05) is 11.4 Å². The van der Waals surface area contributed by atoms with Crippen molar-refractivity contribution in [3.8, 4) is 11.1 Å². The number of hydrogen-bond donors (Lipinski definition) is 2. The summed E-state index contributed by atoms with van der Waals surface area (Å²) in [7, 11) is 0. The van der Waals surface area contributed by atoms with E-state index in [4.69, 9.17) is 16.3 Å². The Morgan fingerprint density at radius 3 is 2.41 bits per heavy atom. The van der Waals surface area contributed by atoms with Crippen LogP contribution in [0.3, 0.4) is 0 Å². The van der Waals surface area contributed by atoms with Gasteiger partial charge in [0.25, 0.3) is 0 Å². The van der Waals surface area contributed by atoms with Gasteiger partial charge in [0.1, 0.15) is 5.82 Å². The van der Waals surface area contributed by atoms with Gasteiger partial charge in [0, 0.05) is 12.2 Å². The first-order chi connectivity index (χ1) is 15.2. The maximum atomic E-state index is 13.6. The zero-order valence-electron chi connectivity index (χ0n) is 17.4. The number of urea groups is 1. The van der Waals surface area contributed by atoms with E-state index >= 15 is 0 Å². The van der Waals surface area contributed by atoms with E-state index in [0.29, 0.717) is 6.54 Å². The molecule has 0 aromatic heterocycles. The summed E-state index contributed by atoms with van der Waals surface area (Å²) in [6, 6.07) is 8.81. The third-order valence-corrected chi connectivity index (χ3v) is 6.86. The Hall–Kier alpha value is -2.97.